The van der Waals surface area contributed by atoms with E-state index in [0.29, 0.717) is 41.7 Å². The lowest BCUT2D eigenvalue weighted by Gasteiger charge is -2.29. The summed E-state index contributed by atoms with van der Waals surface area (Å²) in [6.07, 6.45) is 1.76. The molecule has 0 radical (unpaired) electrons. The summed E-state index contributed by atoms with van der Waals surface area (Å²) >= 11 is 0. The SMILES string of the molecule is Cc1noc(C)c1C(=O)Nc1ccc(S(=O)(=O)N2CCC(C)CC2)cc1. The summed E-state index contributed by atoms with van der Waals surface area (Å²) in [6, 6.07) is 6.23. The lowest BCUT2D eigenvalue weighted by Crippen LogP contribution is -2.37. The average Bonchev–Trinajstić information content (AvgIpc) is 2.94. The van der Waals surface area contributed by atoms with Crippen LogP contribution in [0.1, 0.15) is 41.6 Å². The molecule has 2 aromatic rings. The molecule has 0 unspecified atom stereocenters. The molecular formula is C18H23N3O4S. The number of rotatable bonds is 4. The summed E-state index contributed by atoms with van der Waals surface area (Å²) in [4.78, 5) is 12.6. The van der Waals surface area contributed by atoms with Gasteiger partial charge in [0, 0.05) is 18.8 Å². The number of carbonyl (C=O) groups excluding carboxylic acids is 1. The van der Waals surface area contributed by atoms with E-state index in [1.807, 2.05) is 0 Å². The molecule has 1 saturated heterocycles. The first kappa shape index (κ1) is 18.6. The largest absolute Gasteiger partial charge is 0.361 e. The second kappa shape index (κ2) is 7.20. The topological polar surface area (TPSA) is 92.5 Å². The number of nitrogens with one attached hydrogen (secondary N) is 1. The van der Waals surface area contributed by atoms with Crippen molar-refractivity contribution in [2.75, 3.05) is 18.4 Å². The van der Waals surface area contributed by atoms with Gasteiger partial charge in [-0.15, -0.1) is 0 Å². The Bertz CT molecular complexity index is 876. The highest BCUT2D eigenvalue weighted by atomic mass is 32.2. The monoisotopic (exact) mass is 377 g/mol. The maximum atomic E-state index is 12.7. The number of anilines is 1. The fraction of sp³-hybridized carbons (Fsp3) is 0.444. The Hall–Kier alpha value is -2.19. The van der Waals surface area contributed by atoms with Gasteiger partial charge >= 0.3 is 0 Å². The molecule has 1 fully saturated rings. The summed E-state index contributed by atoms with van der Waals surface area (Å²) in [5.74, 6) is 0.670. The first-order chi connectivity index (χ1) is 12.3. The van der Waals surface area contributed by atoms with Gasteiger partial charge in [0.05, 0.1) is 10.6 Å². The molecule has 1 aliphatic heterocycles. The van der Waals surface area contributed by atoms with Crippen LogP contribution in [0.5, 0.6) is 0 Å². The Morgan fingerprint density at radius 2 is 1.81 bits per heavy atom. The minimum atomic E-state index is -3.49. The second-order valence-electron chi connectivity index (χ2n) is 6.76. The normalized spacial score (nSPS) is 16.6. The highest BCUT2D eigenvalue weighted by Gasteiger charge is 2.28. The van der Waals surface area contributed by atoms with Crippen LogP contribution in [0.25, 0.3) is 0 Å². The van der Waals surface area contributed by atoms with Crippen molar-refractivity contribution in [2.24, 2.45) is 5.92 Å². The molecule has 7 nitrogen and oxygen atoms in total. The molecule has 1 aromatic heterocycles. The molecule has 8 heteroatoms. The molecule has 0 saturated carbocycles. The quantitative estimate of drug-likeness (QED) is 0.884. The number of hydrogen-bond donors (Lipinski definition) is 1. The molecule has 0 bridgehead atoms. The minimum Gasteiger partial charge on any atom is -0.361 e. The van der Waals surface area contributed by atoms with Gasteiger partial charge < -0.3 is 9.84 Å². The fourth-order valence-electron chi connectivity index (χ4n) is 3.09. The van der Waals surface area contributed by atoms with Crippen LogP contribution < -0.4 is 5.32 Å². The Balaban J connectivity index is 1.73. The zero-order valence-corrected chi connectivity index (χ0v) is 16.0. The van der Waals surface area contributed by atoms with E-state index < -0.39 is 10.0 Å². The number of carbonyl (C=O) groups is 1. The molecule has 0 spiro atoms. The van der Waals surface area contributed by atoms with Crippen LogP contribution in [0.3, 0.4) is 0 Å². The summed E-state index contributed by atoms with van der Waals surface area (Å²) in [6.45, 7) is 6.60. The zero-order chi connectivity index (χ0) is 18.9. The number of piperidine rings is 1. The molecule has 1 aromatic carbocycles. The van der Waals surface area contributed by atoms with Gasteiger partial charge in [-0.05, 0) is 56.9 Å². The van der Waals surface area contributed by atoms with E-state index in [1.54, 1.807) is 26.0 Å². The van der Waals surface area contributed by atoms with Gasteiger partial charge in [-0.3, -0.25) is 4.79 Å². The van der Waals surface area contributed by atoms with E-state index in [0.717, 1.165) is 12.8 Å². The zero-order valence-electron chi connectivity index (χ0n) is 15.2. The van der Waals surface area contributed by atoms with E-state index >= 15 is 0 Å². The first-order valence-corrected chi connectivity index (χ1v) is 10.1. The van der Waals surface area contributed by atoms with Gasteiger partial charge in [-0.1, -0.05) is 12.1 Å². The second-order valence-corrected chi connectivity index (χ2v) is 8.70. The molecule has 1 N–H and O–H groups in total. The van der Waals surface area contributed by atoms with Crippen molar-refractivity contribution >= 4 is 21.6 Å². The van der Waals surface area contributed by atoms with Crippen LogP contribution in [0.15, 0.2) is 33.7 Å². The Morgan fingerprint density at radius 1 is 1.19 bits per heavy atom. The molecule has 26 heavy (non-hydrogen) atoms. The van der Waals surface area contributed by atoms with Gasteiger partial charge in [-0.25, -0.2) is 8.42 Å². The Kier molecular flexibility index (Phi) is 5.15. The van der Waals surface area contributed by atoms with Crippen molar-refractivity contribution in [3.63, 3.8) is 0 Å². The number of benzene rings is 1. The van der Waals surface area contributed by atoms with E-state index in [9.17, 15) is 13.2 Å². The van der Waals surface area contributed by atoms with Gasteiger partial charge in [0.2, 0.25) is 10.0 Å². The Morgan fingerprint density at radius 3 is 2.35 bits per heavy atom. The summed E-state index contributed by atoms with van der Waals surface area (Å²) < 4.78 is 32.0. The lowest BCUT2D eigenvalue weighted by molar-refractivity contribution is 0.102. The molecule has 1 aliphatic rings. The van der Waals surface area contributed by atoms with Crippen LogP contribution in [0, 0.1) is 19.8 Å². The van der Waals surface area contributed by atoms with Gasteiger partial charge in [0.15, 0.2) is 0 Å². The summed E-state index contributed by atoms with van der Waals surface area (Å²) in [5.41, 5.74) is 1.42. The van der Waals surface area contributed by atoms with E-state index in [2.05, 4.69) is 17.4 Å². The van der Waals surface area contributed by atoms with Crippen molar-refractivity contribution in [1.82, 2.24) is 9.46 Å². The van der Waals surface area contributed by atoms with Gasteiger partial charge in [0.25, 0.3) is 5.91 Å². The predicted molar refractivity (Wildman–Crippen MR) is 97.5 cm³/mol. The first-order valence-electron chi connectivity index (χ1n) is 8.63. The number of hydrogen-bond acceptors (Lipinski definition) is 5. The molecule has 0 aliphatic carbocycles. The van der Waals surface area contributed by atoms with Crippen molar-refractivity contribution in [2.45, 2.75) is 38.5 Å². The van der Waals surface area contributed by atoms with E-state index in [4.69, 9.17) is 4.52 Å². The van der Waals surface area contributed by atoms with E-state index in [-0.39, 0.29) is 10.8 Å². The van der Waals surface area contributed by atoms with Crippen molar-refractivity contribution in [3.8, 4) is 0 Å². The third-order valence-electron chi connectivity index (χ3n) is 4.75. The molecule has 0 atom stereocenters. The maximum Gasteiger partial charge on any atom is 0.261 e. The summed E-state index contributed by atoms with van der Waals surface area (Å²) in [5, 5.41) is 6.50. The van der Waals surface area contributed by atoms with Crippen LogP contribution in [0.4, 0.5) is 5.69 Å². The highest BCUT2D eigenvalue weighted by Crippen LogP contribution is 2.24. The maximum absolute atomic E-state index is 12.7. The number of amides is 1. The highest BCUT2D eigenvalue weighted by molar-refractivity contribution is 7.89. The molecule has 3 rings (SSSR count). The molecular weight excluding hydrogens is 354 g/mol. The van der Waals surface area contributed by atoms with E-state index in [1.165, 1.54) is 16.4 Å². The number of aromatic nitrogens is 1. The fourth-order valence-corrected chi connectivity index (χ4v) is 4.56. The van der Waals surface area contributed by atoms with Crippen molar-refractivity contribution in [1.29, 1.82) is 0 Å². The smallest absolute Gasteiger partial charge is 0.261 e. The van der Waals surface area contributed by atoms with Crippen LogP contribution in [-0.2, 0) is 10.0 Å². The third-order valence-corrected chi connectivity index (χ3v) is 6.67. The average molecular weight is 377 g/mol. The van der Waals surface area contributed by atoms with Crippen LogP contribution in [0.2, 0.25) is 0 Å². The van der Waals surface area contributed by atoms with Gasteiger partial charge in [0.1, 0.15) is 11.3 Å². The predicted octanol–water partition coefficient (Wildman–Crippen LogP) is 2.96. The van der Waals surface area contributed by atoms with Crippen molar-refractivity contribution < 1.29 is 17.7 Å². The number of sulfonamides is 1. The van der Waals surface area contributed by atoms with Gasteiger partial charge in [-0.2, -0.15) is 4.31 Å². The number of aryl methyl sites for hydroxylation is 2. The minimum absolute atomic E-state index is 0.238. The Labute approximate surface area is 153 Å². The van der Waals surface area contributed by atoms with Crippen molar-refractivity contribution in [3.05, 3.63) is 41.3 Å². The summed E-state index contributed by atoms with van der Waals surface area (Å²) in [7, 11) is -3.49. The molecule has 2 heterocycles. The lowest BCUT2D eigenvalue weighted by atomic mass is 10.0. The van der Waals surface area contributed by atoms with Crippen LogP contribution in [-0.4, -0.2) is 36.9 Å². The third kappa shape index (κ3) is 3.66. The standard InChI is InChI=1S/C18H23N3O4S/c1-12-8-10-21(11-9-12)26(23,24)16-6-4-15(5-7-16)19-18(22)17-13(2)20-25-14(17)3/h4-7,12H,8-11H2,1-3H3,(H,19,22). The van der Waals surface area contributed by atoms with Crippen LogP contribution >= 0.6 is 0 Å². The molecule has 1 amide bonds. The molecule has 140 valence electrons. The number of nitrogens with zero attached hydrogens (tertiary/aromatic N) is 2.